The highest BCUT2D eigenvalue weighted by Gasteiger charge is 2.21. The zero-order chi connectivity index (χ0) is 28.3. The van der Waals surface area contributed by atoms with Gasteiger partial charge in [-0.1, -0.05) is 89.6 Å². The average Bonchev–Trinajstić information content (AvgIpc) is 3.58. The lowest BCUT2D eigenvalue weighted by atomic mass is 10.0. The molecule has 2 N–H and O–H groups in total. The number of fused-ring (bicyclic) bond motifs is 1. The standard InChI is InChI=1S/C31H26BClN6O2/c1-19-28(29(38-41-19)22-7-3-2-4-8-22)31(40)35-17-21-13-11-20(12-14-21)16-34-27-15-26(23-9-5-6-10-25(23)33)37-30-24(32)18-36-39(27)30/h2-15,18,34H,16-17,32H2,1H3,(H,35,40). The van der Waals surface area contributed by atoms with Gasteiger partial charge in [-0.2, -0.15) is 9.61 Å². The number of hydrogen-bond donors (Lipinski definition) is 2. The van der Waals surface area contributed by atoms with Crippen LogP contribution < -0.4 is 16.1 Å². The van der Waals surface area contributed by atoms with Crippen LogP contribution in [0.5, 0.6) is 0 Å². The second kappa shape index (κ2) is 11.3. The van der Waals surface area contributed by atoms with Crippen molar-refractivity contribution in [3.8, 4) is 22.5 Å². The van der Waals surface area contributed by atoms with E-state index >= 15 is 0 Å². The molecule has 0 saturated carbocycles. The number of nitrogens with zero attached hydrogens (tertiary/aromatic N) is 4. The van der Waals surface area contributed by atoms with Crippen molar-refractivity contribution in [3.63, 3.8) is 0 Å². The zero-order valence-corrected chi connectivity index (χ0v) is 23.3. The van der Waals surface area contributed by atoms with Crippen LogP contribution in [0.25, 0.3) is 28.2 Å². The molecular weight excluding hydrogens is 535 g/mol. The second-order valence-electron chi connectivity index (χ2n) is 9.75. The van der Waals surface area contributed by atoms with E-state index in [0.29, 0.717) is 35.1 Å². The summed E-state index contributed by atoms with van der Waals surface area (Å²) in [4.78, 5) is 17.8. The molecule has 0 spiro atoms. The van der Waals surface area contributed by atoms with Crippen LogP contribution in [0.2, 0.25) is 5.02 Å². The van der Waals surface area contributed by atoms with Crippen LogP contribution in [-0.4, -0.2) is 33.5 Å². The molecule has 0 aliphatic heterocycles. The Balaban J connectivity index is 1.14. The van der Waals surface area contributed by atoms with Crippen LogP contribution >= 0.6 is 11.6 Å². The van der Waals surface area contributed by atoms with E-state index in [-0.39, 0.29) is 5.91 Å². The Hall–Kier alpha value is -4.89. The van der Waals surface area contributed by atoms with Gasteiger partial charge in [0.25, 0.3) is 5.91 Å². The van der Waals surface area contributed by atoms with Gasteiger partial charge in [0.05, 0.1) is 5.69 Å². The smallest absolute Gasteiger partial charge is 0.257 e. The van der Waals surface area contributed by atoms with Gasteiger partial charge in [0.1, 0.15) is 30.7 Å². The van der Waals surface area contributed by atoms with Gasteiger partial charge in [0, 0.05) is 41.5 Å². The van der Waals surface area contributed by atoms with Gasteiger partial charge in [-0.25, -0.2) is 4.98 Å². The SMILES string of the molecule is Bc1cnn2c(NCc3ccc(CNC(=O)c4c(-c5ccccc5)noc4C)cc3)cc(-c3ccccc3Cl)nc12. The quantitative estimate of drug-likeness (QED) is 0.259. The summed E-state index contributed by atoms with van der Waals surface area (Å²) in [5.74, 6) is 1.07. The summed E-state index contributed by atoms with van der Waals surface area (Å²) in [5, 5.41) is 15.7. The van der Waals surface area contributed by atoms with E-state index in [9.17, 15) is 4.79 Å². The third kappa shape index (κ3) is 5.44. The molecule has 6 rings (SSSR count). The first kappa shape index (κ1) is 26.3. The van der Waals surface area contributed by atoms with E-state index in [1.165, 1.54) is 0 Å². The van der Waals surface area contributed by atoms with Gasteiger partial charge in [-0.15, -0.1) is 0 Å². The van der Waals surface area contributed by atoms with Crippen molar-refractivity contribution >= 4 is 42.3 Å². The molecule has 8 nitrogen and oxygen atoms in total. The minimum Gasteiger partial charge on any atom is -0.366 e. The number of anilines is 1. The van der Waals surface area contributed by atoms with Crippen molar-refractivity contribution in [2.24, 2.45) is 0 Å². The molecule has 0 fully saturated rings. The molecule has 6 aromatic rings. The molecule has 0 aliphatic rings. The van der Waals surface area contributed by atoms with E-state index in [0.717, 1.165) is 44.9 Å². The molecule has 0 bridgehead atoms. The number of nitrogens with one attached hydrogen (secondary N) is 2. The Morgan fingerprint density at radius 2 is 1.68 bits per heavy atom. The Labute approximate surface area is 242 Å². The predicted octanol–water partition coefficient (Wildman–Crippen LogP) is 4.81. The highest BCUT2D eigenvalue weighted by Crippen LogP contribution is 2.28. The van der Waals surface area contributed by atoms with Crippen molar-refractivity contribution in [3.05, 3.63) is 119 Å². The third-order valence-corrected chi connectivity index (χ3v) is 7.21. The molecule has 3 aromatic carbocycles. The fourth-order valence-corrected chi connectivity index (χ4v) is 4.91. The van der Waals surface area contributed by atoms with Gasteiger partial charge in [-0.3, -0.25) is 4.79 Å². The third-order valence-electron chi connectivity index (χ3n) is 6.88. The van der Waals surface area contributed by atoms with E-state index in [4.69, 9.17) is 21.1 Å². The minimum absolute atomic E-state index is 0.223. The number of carbonyl (C=O) groups excluding carboxylic acids is 1. The summed E-state index contributed by atoms with van der Waals surface area (Å²) in [7, 11) is 1.99. The van der Waals surface area contributed by atoms with E-state index in [2.05, 4.69) is 20.9 Å². The number of amides is 1. The number of aryl methyl sites for hydroxylation is 1. The molecule has 41 heavy (non-hydrogen) atoms. The van der Waals surface area contributed by atoms with Gasteiger partial charge >= 0.3 is 0 Å². The number of hydrogen-bond acceptors (Lipinski definition) is 6. The molecule has 0 aliphatic carbocycles. The van der Waals surface area contributed by atoms with Crippen LogP contribution in [-0.2, 0) is 13.1 Å². The molecule has 3 heterocycles. The predicted molar refractivity (Wildman–Crippen MR) is 163 cm³/mol. The van der Waals surface area contributed by atoms with Crippen molar-refractivity contribution in [1.82, 2.24) is 25.1 Å². The average molecular weight is 561 g/mol. The second-order valence-corrected chi connectivity index (χ2v) is 10.2. The molecule has 0 atom stereocenters. The molecule has 0 unspecified atom stereocenters. The van der Waals surface area contributed by atoms with Crippen molar-refractivity contribution in [1.29, 1.82) is 0 Å². The molecule has 0 radical (unpaired) electrons. The number of aromatic nitrogens is 4. The maximum atomic E-state index is 13.0. The Morgan fingerprint density at radius 3 is 2.44 bits per heavy atom. The number of halogens is 1. The van der Waals surface area contributed by atoms with Crippen molar-refractivity contribution < 1.29 is 9.32 Å². The first-order valence-electron chi connectivity index (χ1n) is 13.2. The van der Waals surface area contributed by atoms with Crippen LogP contribution in [0.1, 0.15) is 27.2 Å². The monoisotopic (exact) mass is 560 g/mol. The molecule has 202 valence electrons. The first-order valence-corrected chi connectivity index (χ1v) is 13.6. The zero-order valence-electron chi connectivity index (χ0n) is 22.6. The molecule has 0 saturated heterocycles. The highest BCUT2D eigenvalue weighted by molar-refractivity contribution is 6.36. The lowest BCUT2D eigenvalue weighted by molar-refractivity contribution is 0.0950. The molecule has 10 heteroatoms. The normalized spacial score (nSPS) is 11.1. The van der Waals surface area contributed by atoms with Gasteiger partial charge in [-0.05, 0) is 29.6 Å². The summed E-state index contributed by atoms with van der Waals surface area (Å²) in [6.07, 6.45) is 1.80. The lowest BCUT2D eigenvalue weighted by Crippen LogP contribution is -2.23. The Kier molecular flexibility index (Phi) is 7.27. The topological polar surface area (TPSA) is 97.3 Å². The van der Waals surface area contributed by atoms with E-state index < -0.39 is 0 Å². The lowest BCUT2D eigenvalue weighted by Gasteiger charge is -2.12. The number of carbonyl (C=O) groups is 1. The highest BCUT2D eigenvalue weighted by atomic mass is 35.5. The summed E-state index contributed by atoms with van der Waals surface area (Å²) >= 11 is 6.46. The largest absolute Gasteiger partial charge is 0.366 e. The molecular formula is C31H26BClN6O2. The fourth-order valence-electron chi connectivity index (χ4n) is 4.68. The molecule has 1 amide bonds. The first-order chi connectivity index (χ1) is 20.0. The van der Waals surface area contributed by atoms with Crippen LogP contribution in [0.3, 0.4) is 0 Å². The summed E-state index contributed by atoms with van der Waals surface area (Å²) in [5.41, 5.74) is 7.27. The number of rotatable bonds is 8. The Morgan fingerprint density at radius 1 is 0.976 bits per heavy atom. The van der Waals surface area contributed by atoms with Crippen molar-refractivity contribution in [2.45, 2.75) is 20.0 Å². The maximum Gasteiger partial charge on any atom is 0.257 e. The maximum absolute atomic E-state index is 13.0. The fraction of sp³-hybridized carbons (Fsp3) is 0.0968. The van der Waals surface area contributed by atoms with Crippen LogP contribution in [0, 0.1) is 6.92 Å². The summed E-state index contributed by atoms with van der Waals surface area (Å²) < 4.78 is 7.14. The van der Waals surface area contributed by atoms with Gasteiger partial charge < -0.3 is 15.2 Å². The minimum atomic E-state index is -0.223. The summed E-state index contributed by atoms with van der Waals surface area (Å²) in [6, 6.07) is 27.3. The molecule has 3 aromatic heterocycles. The van der Waals surface area contributed by atoms with Gasteiger partial charge in [0.2, 0.25) is 0 Å². The van der Waals surface area contributed by atoms with Crippen LogP contribution in [0.4, 0.5) is 5.82 Å². The van der Waals surface area contributed by atoms with Gasteiger partial charge in [0.15, 0.2) is 5.65 Å². The number of benzene rings is 3. The van der Waals surface area contributed by atoms with Crippen molar-refractivity contribution in [2.75, 3.05) is 5.32 Å². The van der Waals surface area contributed by atoms with Crippen LogP contribution in [0.15, 0.2) is 95.6 Å². The van der Waals surface area contributed by atoms with E-state index in [1.807, 2.05) is 92.8 Å². The van der Waals surface area contributed by atoms with E-state index in [1.54, 1.807) is 17.6 Å². The summed E-state index contributed by atoms with van der Waals surface area (Å²) in [6.45, 7) is 2.70. The Bertz CT molecular complexity index is 1850.